The fraction of sp³-hybridized carbons (Fsp3) is 0.188. The molecule has 0 saturated heterocycles. The lowest BCUT2D eigenvalue weighted by molar-refractivity contribution is -0.135. The summed E-state index contributed by atoms with van der Waals surface area (Å²) in [5, 5.41) is 0. The zero-order valence-electron chi connectivity index (χ0n) is 10.6. The van der Waals surface area contributed by atoms with Crippen molar-refractivity contribution in [2.45, 2.75) is 17.2 Å². The van der Waals surface area contributed by atoms with Gasteiger partial charge in [-0.3, -0.25) is 4.79 Å². The van der Waals surface area contributed by atoms with Crippen LogP contribution < -0.4 is 4.74 Å². The zero-order chi connectivity index (χ0) is 13.2. The topological polar surface area (TPSA) is 26.3 Å². The van der Waals surface area contributed by atoms with Crippen LogP contribution in [0, 0.1) is 0 Å². The Balaban J connectivity index is 2.02. The van der Waals surface area contributed by atoms with E-state index in [-0.39, 0.29) is 11.9 Å². The van der Waals surface area contributed by atoms with Crippen LogP contribution >= 0.6 is 11.8 Å². The zero-order valence-corrected chi connectivity index (χ0v) is 11.4. The number of ether oxygens (including phenoxy) is 1. The van der Waals surface area contributed by atoms with Crippen LogP contribution in [0.25, 0.3) is 0 Å². The van der Waals surface area contributed by atoms with Gasteiger partial charge in [0.15, 0.2) is 0 Å². The van der Waals surface area contributed by atoms with Crippen molar-refractivity contribution in [1.82, 2.24) is 0 Å². The molecule has 0 saturated carbocycles. The number of para-hydroxylation sites is 1. The van der Waals surface area contributed by atoms with Crippen molar-refractivity contribution in [3.63, 3.8) is 0 Å². The smallest absolute Gasteiger partial charge is 0.312 e. The third-order valence-electron chi connectivity index (χ3n) is 3.41. The Morgan fingerprint density at radius 1 is 1.11 bits per heavy atom. The molecule has 0 spiro atoms. The van der Waals surface area contributed by atoms with Crippen LogP contribution in [0.4, 0.5) is 0 Å². The standard InChI is InChI=1S/C16H14O2S/c1-19-12-8-6-11(7-9-12)14-10-16(17)18-15-5-3-2-4-13(14)15/h2-9,14H,10H2,1H3/t14-/m0/s1. The van der Waals surface area contributed by atoms with Crippen molar-refractivity contribution in [1.29, 1.82) is 0 Å². The number of hydrogen-bond acceptors (Lipinski definition) is 3. The van der Waals surface area contributed by atoms with Gasteiger partial charge in [0.2, 0.25) is 0 Å². The summed E-state index contributed by atoms with van der Waals surface area (Å²) in [5.74, 6) is 0.642. The second kappa shape index (κ2) is 5.10. The van der Waals surface area contributed by atoms with E-state index in [1.165, 1.54) is 10.5 Å². The lowest BCUT2D eigenvalue weighted by atomic mass is 9.86. The van der Waals surface area contributed by atoms with Gasteiger partial charge >= 0.3 is 5.97 Å². The molecular weight excluding hydrogens is 256 g/mol. The van der Waals surface area contributed by atoms with Crippen molar-refractivity contribution >= 4 is 17.7 Å². The number of thioether (sulfide) groups is 1. The molecule has 0 N–H and O–H groups in total. The monoisotopic (exact) mass is 270 g/mol. The Labute approximate surface area is 116 Å². The van der Waals surface area contributed by atoms with E-state index in [0.717, 1.165) is 5.56 Å². The molecule has 0 aliphatic carbocycles. The van der Waals surface area contributed by atoms with Gasteiger partial charge in [0.1, 0.15) is 5.75 Å². The molecule has 3 heteroatoms. The van der Waals surface area contributed by atoms with E-state index in [0.29, 0.717) is 12.2 Å². The molecule has 1 heterocycles. The number of carbonyl (C=O) groups is 1. The summed E-state index contributed by atoms with van der Waals surface area (Å²) in [6.45, 7) is 0. The molecule has 19 heavy (non-hydrogen) atoms. The predicted octanol–water partition coefficient (Wildman–Crippen LogP) is 3.85. The lowest BCUT2D eigenvalue weighted by Crippen LogP contribution is -2.20. The summed E-state index contributed by atoms with van der Waals surface area (Å²) in [6, 6.07) is 16.2. The molecule has 0 aromatic heterocycles. The molecule has 2 aromatic carbocycles. The van der Waals surface area contributed by atoms with Crippen LogP contribution in [0.5, 0.6) is 5.75 Å². The van der Waals surface area contributed by atoms with E-state index in [1.807, 2.05) is 24.3 Å². The maximum atomic E-state index is 11.7. The van der Waals surface area contributed by atoms with E-state index >= 15 is 0 Å². The first kappa shape index (κ1) is 12.3. The van der Waals surface area contributed by atoms with Gasteiger partial charge in [-0.15, -0.1) is 11.8 Å². The number of fused-ring (bicyclic) bond motifs is 1. The van der Waals surface area contributed by atoms with Gasteiger partial charge in [0, 0.05) is 16.4 Å². The molecule has 0 amide bonds. The first-order valence-corrected chi connectivity index (χ1v) is 7.44. The lowest BCUT2D eigenvalue weighted by Gasteiger charge is -2.24. The number of hydrogen-bond donors (Lipinski definition) is 0. The summed E-state index contributed by atoms with van der Waals surface area (Å²) in [5.41, 5.74) is 2.26. The van der Waals surface area contributed by atoms with E-state index in [4.69, 9.17) is 4.74 Å². The fourth-order valence-corrected chi connectivity index (χ4v) is 2.84. The Hall–Kier alpha value is -1.74. The normalized spacial score (nSPS) is 17.7. The van der Waals surface area contributed by atoms with E-state index in [9.17, 15) is 4.79 Å². The van der Waals surface area contributed by atoms with Crippen LogP contribution in [-0.2, 0) is 4.79 Å². The van der Waals surface area contributed by atoms with Gasteiger partial charge < -0.3 is 4.74 Å². The highest BCUT2D eigenvalue weighted by molar-refractivity contribution is 7.98. The third-order valence-corrected chi connectivity index (χ3v) is 4.15. The highest BCUT2D eigenvalue weighted by Crippen LogP contribution is 2.38. The van der Waals surface area contributed by atoms with Crippen LogP contribution in [0.3, 0.4) is 0 Å². The highest BCUT2D eigenvalue weighted by Gasteiger charge is 2.27. The van der Waals surface area contributed by atoms with E-state index in [2.05, 4.69) is 30.5 Å². The molecule has 96 valence electrons. The van der Waals surface area contributed by atoms with Gasteiger partial charge in [0.05, 0.1) is 6.42 Å². The van der Waals surface area contributed by atoms with E-state index in [1.54, 1.807) is 11.8 Å². The molecular formula is C16H14O2S. The maximum Gasteiger partial charge on any atom is 0.312 e. The molecule has 3 rings (SSSR count). The van der Waals surface area contributed by atoms with Crippen molar-refractivity contribution in [3.8, 4) is 5.75 Å². The van der Waals surface area contributed by atoms with Crippen molar-refractivity contribution in [2.75, 3.05) is 6.26 Å². The average molecular weight is 270 g/mol. The molecule has 0 unspecified atom stereocenters. The van der Waals surface area contributed by atoms with Gasteiger partial charge in [-0.1, -0.05) is 30.3 Å². The summed E-state index contributed by atoms with van der Waals surface area (Å²) in [7, 11) is 0. The van der Waals surface area contributed by atoms with Crippen LogP contribution in [0.15, 0.2) is 53.4 Å². The minimum Gasteiger partial charge on any atom is -0.426 e. The Kier molecular flexibility index (Phi) is 3.30. The predicted molar refractivity (Wildman–Crippen MR) is 76.8 cm³/mol. The van der Waals surface area contributed by atoms with Crippen LogP contribution in [-0.4, -0.2) is 12.2 Å². The molecule has 2 aromatic rings. The molecule has 1 atom stereocenters. The minimum atomic E-state index is -0.155. The Morgan fingerprint density at radius 2 is 1.84 bits per heavy atom. The van der Waals surface area contributed by atoms with Crippen molar-refractivity contribution in [2.24, 2.45) is 0 Å². The summed E-state index contributed by atoms with van der Waals surface area (Å²) in [6.07, 6.45) is 2.47. The first-order valence-electron chi connectivity index (χ1n) is 6.21. The SMILES string of the molecule is CSc1ccc([C@@H]2CC(=O)Oc3ccccc32)cc1. The largest absolute Gasteiger partial charge is 0.426 e. The highest BCUT2D eigenvalue weighted by atomic mass is 32.2. The molecule has 2 nitrogen and oxygen atoms in total. The van der Waals surface area contributed by atoms with Gasteiger partial charge in [-0.05, 0) is 30.0 Å². The quantitative estimate of drug-likeness (QED) is 0.471. The Bertz CT molecular complexity index is 604. The second-order valence-corrected chi connectivity index (χ2v) is 5.42. The number of benzene rings is 2. The molecule has 0 bridgehead atoms. The molecule has 1 aliphatic rings. The fourth-order valence-electron chi connectivity index (χ4n) is 2.44. The molecule has 0 radical (unpaired) electrons. The van der Waals surface area contributed by atoms with Gasteiger partial charge in [-0.2, -0.15) is 0 Å². The van der Waals surface area contributed by atoms with Gasteiger partial charge in [-0.25, -0.2) is 0 Å². The van der Waals surface area contributed by atoms with Crippen molar-refractivity contribution in [3.05, 3.63) is 59.7 Å². The summed E-state index contributed by atoms with van der Waals surface area (Å²) >= 11 is 1.72. The van der Waals surface area contributed by atoms with Crippen molar-refractivity contribution < 1.29 is 9.53 Å². The minimum absolute atomic E-state index is 0.105. The number of esters is 1. The van der Waals surface area contributed by atoms with Crippen LogP contribution in [0.2, 0.25) is 0 Å². The second-order valence-electron chi connectivity index (χ2n) is 4.54. The first-order chi connectivity index (χ1) is 9.28. The number of carbonyl (C=O) groups excluding carboxylic acids is 1. The molecule has 1 aliphatic heterocycles. The maximum absolute atomic E-state index is 11.7. The third kappa shape index (κ3) is 2.38. The average Bonchev–Trinajstić information content (AvgIpc) is 2.46. The summed E-state index contributed by atoms with van der Waals surface area (Å²) < 4.78 is 5.29. The van der Waals surface area contributed by atoms with Gasteiger partial charge in [0.25, 0.3) is 0 Å². The van der Waals surface area contributed by atoms with Crippen LogP contribution in [0.1, 0.15) is 23.5 Å². The Morgan fingerprint density at radius 3 is 2.58 bits per heavy atom. The van der Waals surface area contributed by atoms with E-state index < -0.39 is 0 Å². The summed E-state index contributed by atoms with van der Waals surface area (Å²) in [4.78, 5) is 12.9. The number of rotatable bonds is 2. The molecule has 0 fully saturated rings.